The van der Waals surface area contributed by atoms with E-state index in [1.165, 1.54) is 0 Å². The van der Waals surface area contributed by atoms with Gasteiger partial charge in [0.1, 0.15) is 12.4 Å². The summed E-state index contributed by atoms with van der Waals surface area (Å²) < 4.78 is 38.4. The number of rotatable bonds is 8. The predicted octanol–water partition coefficient (Wildman–Crippen LogP) is 1.80. The van der Waals surface area contributed by atoms with Crippen LogP contribution in [0.1, 0.15) is 20.3 Å². The van der Waals surface area contributed by atoms with Crippen molar-refractivity contribution in [2.75, 3.05) is 32.9 Å². The maximum atomic E-state index is 12.5. The van der Waals surface area contributed by atoms with E-state index >= 15 is 0 Å². The van der Waals surface area contributed by atoms with Gasteiger partial charge in [-0.3, -0.25) is 0 Å². The lowest BCUT2D eigenvalue weighted by Crippen LogP contribution is -2.48. The lowest BCUT2D eigenvalue weighted by atomic mass is 9.97. The Morgan fingerprint density at radius 3 is 2.58 bits per heavy atom. The third kappa shape index (κ3) is 6.22. The second-order valence-electron chi connectivity index (χ2n) is 5.71. The van der Waals surface area contributed by atoms with Crippen LogP contribution in [0.15, 0.2) is 29.2 Å². The first-order valence-electron chi connectivity index (χ1n) is 8.06. The number of hydrogen-bond donors (Lipinski definition) is 2. The first-order valence-corrected chi connectivity index (χ1v) is 9.55. The van der Waals surface area contributed by atoms with Crippen LogP contribution in [0.25, 0.3) is 0 Å². The molecule has 1 aromatic rings. The van der Waals surface area contributed by atoms with Gasteiger partial charge >= 0.3 is 0 Å². The van der Waals surface area contributed by atoms with Gasteiger partial charge in [0.15, 0.2) is 0 Å². The number of sulfonamides is 1. The fraction of sp³-hybridized carbons (Fsp3) is 0.625. The highest BCUT2D eigenvalue weighted by atomic mass is 35.5. The van der Waals surface area contributed by atoms with Gasteiger partial charge in [0.05, 0.1) is 11.5 Å². The Morgan fingerprint density at radius 2 is 1.96 bits per heavy atom. The zero-order valence-corrected chi connectivity index (χ0v) is 15.8. The Bertz CT molecular complexity index is 580. The molecule has 1 aliphatic heterocycles. The van der Waals surface area contributed by atoms with Crippen LogP contribution in [0.4, 0.5) is 0 Å². The second-order valence-corrected chi connectivity index (χ2v) is 7.43. The molecule has 1 heterocycles. The molecule has 1 aliphatic rings. The summed E-state index contributed by atoms with van der Waals surface area (Å²) in [5.41, 5.74) is 0. The molecule has 1 saturated heterocycles. The smallest absolute Gasteiger partial charge is 0.240 e. The highest BCUT2D eigenvalue weighted by Crippen LogP contribution is 2.18. The van der Waals surface area contributed by atoms with Crippen molar-refractivity contribution in [2.24, 2.45) is 5.92 Å². The van der Waals surface area contributed by atoms with Gasteiger partial charge in [0, 0.05) is 12.6 Å². The number of ether oxygens (including phenoxy) is 2. The number of piperidine rings is 1. The van der Waals surface area contributed by atoms with Crippen molar-refractivity contribution in [3.05, 3.63) is 24.3 Å². The van der Waals surface area contributed by atoms with E-state index in [0.717, 1.165) is 19.5 Å². The fourth-order valence-corrected chi connectivity index (χ4v) is 3.91. The van der Waals surface area contributed by atoms with Gasteiger partial charge in [0.25, 0.3) is 0 Å². The Kier molecular flexibility index (Phi) is 9.01. The maximum Gasteiger partial charge on any atom is 0.240 e. The Hall–Kier alpha value is -0.860. The Labute approximate surface area is 150 Å². The van der Waals surface area contributed by atoms with E-state index in [1.807, 2.05) is 6.92 Å². The number of nitrogens with one attached hydrogen (secondary N) is 2. The van der Waals surface area contributed by atoms with E-state index in [1.54, 1.807) is 24.3 Å². The van der Waals surface area contributed by atoms with Crippen molar-refractivity contribution in [1.29, 1.82) is 0 Å². The van der Waals surface area contributed by atoms with Gasteiger partial charge in [-0.15, -0.1) is 12.4 Å². The minimum Gasteiger partial charge on any atom is -0.491 e. The van der Waals surface area contributed by atoms with E-state index in [-0.39, 0.29) is 29.3 Å². The lowest BCUT2D eigenvalue weighted by molar-refractivity contribution is 0.110. The molecule has 138 valence electrons. The molecule has 0 aromatic heterocycles. The van der Waals surface area contributed by atoms with E-state index < -0.39 is 10.0 Å². The summed E-state index contributed by atoms with van der Waals surface area (Å²) in [6, 6.07) is 6.47. The normalized spacial score (nSPS) is 21.1. The third-order valence-corrected chi connectivity index (χ3v) is 5.43. The molecule has 0 saturated carbocycles. The molecular weight excluding hydrogens is 352 g/mol. The predicted molar refractivity (Wildman–Crippen MR) is 96.4 cm³/mol. The van der Waals surface area contributed by atoms with Crippen molar-refractivity contribution >= 4 is 22.4 Å². The van der Waals surface area contributed by atoms with Gasteiger partial charge in [-0.1, -0.05) is 6.92 Å². The number of hydrogen-bond acceptors (Lipinski definition) is 5. The number of halogens is 1. The maximum absolute atomic E-state index is 12.5. The standard InChI is InChI=1S/C16H26N2O4S.ClH/c1-3-21-10-11-22-14-4-6-15(7-5-14)23(19,20)18-16-8-9-17-12-13(16)2;/h4-7,13,16-18H,3,8-12H2,1-2H3;1H. The van der Waals surface area contributed by atoms with Crippen LogP contribution >= 0.6 is 12.4 Å². The molecule has 0 radical (unpaired) electrons. The molecule has 0 amide bonds. The van der Waals surface area contributed by atoms with Gasteiger partial charge in [-0.2, -0.15) is 0 Å². The molecule has 8 heteroatoms. The summed E-state index contributed by atoms with van der Waals surface area (Å²) >= 11 is 0. The molecule has 1 aromatic carbocycles. The molecule has 2 unspecified atom stereocenters. The highest BCUT2D eigenvalue weighted by Gasteiger charge is 2.26. The second kappa shape index (κ2) is 10.2. The minimum atomic E-state index is -3.50. The molecule has 1 fully saturated rings. The van der Waals surface area contributed by atoms with Crippen LogP contribution in [0.2, 0.25) is 0 Å². The van der Waals surface area contributed by atoms with Crippen LogP contribution in [-0.2, 0) is 14.8 Å². The van der Waals surface area contributed by atoms with Crippen LogP contribution in [0.5, 0.6) is 5.75 Å². The van der Waals surface area contributed by atoms with Crippen molar-refractivity contribution < 1.29 is 17.9 Å². The number of benzene rings is 1. The summed E-state index contributed by atoms with van der Waals surface area (Å²) in [7, 11) is -3.50. The van der Waals surface area contributed by atoms with Crippen LogP contribution in [0, 0.1) is 5.92 Å². The first kappa shape index (κ1) is 21.2. The average Bonchev–Trinajstić information content (AvgIpc) is 2.54. The van der Waals surface area contributed by atoms with E-state index in [2.05, 4.69) is 17.0 Å². The molecule has 0 bridgehead atoms. The molecular formula is C16H27ClN2O4S. The van der Waals surface area contributed by atoms with E-state index in [0.29, 0.717) is 25.6 Å². The summed E-state index contributed by atoms with van der Waals surface area (Å²) in [4.78, 5) is 0.264. The summed E-state index contributed by atoms with van der Waals surface area (Å²) in [6.07, 6.45) is 0.805. The van der Waals surface area contributed by atoms with Crippen molar-refractivity contribution in [3.8, 4) is 5.75 Å². The van der Waals surface area contributed by atoms with Crippen LogP contribution in [0.3, 0.4) is 0 Å². The van der Waals surface area contributed by atoms with Crippen LogP contribution in [-0.4, -0.2) is 47.4 Å². The SMILES string of the molecule is CCOCCOc1ccc(S(=O)(=O)NC2CCNCC2C)cc1.Cl. The topological polar surface area (TPSA) is 76.7 Å². The quantitative estimate of drug-likeness (QED) is 0.674. The zero-order valence-electron chi connectivity index (χ0n) is 14.2. The molecule has 0 spiro atoms. The minimum absolute atomic E-state index is 0. The van der Waals surface area contributed by atoms with Gasteiger partial charge in [-0.25, -0.2) is 13.1 Å². The summed E-state index contributed by atoms with van der Waals surface area (Å²) in [5.74, 6) is 0.915. The molecule has 2 rings (SSSR count). The Balaban J connectivity index is 0.00000288. The molecule has 2 atom stereocenters. The summed E-state index contributed by atoms with van der Waals surface area (Å²) in [5, 5.41) is 3.26. The van der Waals surface area contributed by atoms with Crippen LogP contribution < -0.4 is 14.8 Å². The van der Waals surface area contributed by atoms with E-state index in [9.17, 15) is 8.42 Å². The molecule has 6 nitrogen and oxygen atoms in total. The molecule has 24 heavy (non-hydrogen) atoms. The van der Waals surface area contributed by atoms with E-state index in [4.69, 9.17) is 9.47 Å². The largest absolute Gasteiger partial charge is 0.491 e. The van der Waals surface area contributed by atoms with Crippen molar-refractivity contribution in [2.45, 2.75) is 31.2 Å². The first-order chi connectivity index (χ1) is 11.0. The third-order valence-electron chi connectivity index (χ3n) is 3.93. The van der Waals surface area contributed by atoms with Crippen molar-refractivity contribution in [1.82, 2.24) is 10.0 Å². The summed E-state index contributed by atoms with van der Waals surface area (Å²) in [6.45, 7) is 7.27. The molecule has 0 aliphatic carbocycles. The fourth-order valence-electron chi connectivity index (χ4n) is 2.53. The Morgan fingerprint density at radius 1 is 1.25 bits per heavy atom. The lowest BCUT2D eigenvalue weighted by Gasteiger charge is -2.29. The molecule has 2 N–H and O–H groups in total. The zero-order chi connectivity index (χ0) is 16.7. The highest BCUT2D eigenvalue weighted by molar-refractivity contribution is 7.89. The van der Waals surface area contributed by atoms with Gasteiger partial charge in [0.2, 0.25) is 10.0 Å². The monoisotopic (exact) mass is 378 g/mol. The van der Waals surface area contributed by atoms with Gasteiger partial charge in [-0.05, 0) is 56.6 Å². The van der Waals surface area contributed by atoms with Crippen molar-refractivity contribution in [3.63, 3.8) is 0 Å². The van der Waals surface area contributed by atoms with Gasteiger partial charge < -0.3 is 14.8 Å². The average molecular weight is 379 g/mol.